The van der Waals surface area contributed by atoms with Crippen LogP contribution in [-0.4, -0.2) is 9.55 Å². The Hall–Kier alpha value is -1.48. The van der Waals surface area contributed by atoms with Gasteiger partial charge in [-0.2, -0.15) is 0 Å². The summed E-state index contributed by atoms with van der Waals surface area (Å²) in [5.74, 6) is 0. The fraction of sp³-hybridized carbons (Fsp3) is 0.100. The van der Waals surface area contributed by atoms with E-state index in [2.05, 4.69) is 4.98 Å². The first-order chi connectivity index (χ1) is 6.68. The third kappa shape index (κ3) is 1.46. The van der Waals surface area contributed by atoms with Gasteiger partial charge in [-0.25, -0.2) is 4.79 Å². The molecule has 0 bridgehead atoms. The predicted octanol–water partition coefficient (Wildman–Crippen LogP) is 2.13. The molecule has 1 aromatic heterocycles. The summed E-state index contributed by atoms with van der Waals surface area (Å²) in [4.78, 5) is 13.8. The van der Waals surface area contributed by atoms with Crippen LogP contribution in [0.15, 0.2) is 35.4 Å². The van der Waals surface area contributed by atoms with Crippen molar-refractivity contribution in [1.29, 1.82) is 0 Å². The molecule has 0 unspecified atom stereocenters. The number of rotatable bonds is 1. The average Bonchev–Trinajstić information content (AvgIpc) is 2.57. The minimum absolute atomic E-state index is 0.162. The number of aryl methyl sites for hydroxylation is 1. The SMILES string of the molecule is Cc1ccc(-n2cc[nH]c2=O)cc1Cl. The van der Waals surface area contributed by atoms with E-state index in [9.17, 15) is 4.79 Å². The van der Waals surface area contributed by atoms with Crippen molar-refractivity contribution in [2.75, 3.05) is 0 Å². The maximum Gasteiger partial charge on any atom is 0.330 e. The van der Waals surface area contributed by atoms with Gasteiger partial charge in [-0.05, 0) is 24.6 Å². The van der Waals surface area contributed by atoms with Gasteiger partial charge in [-0.1, -0.05) is 17.7 Å². The first-order valence-electron chi connectivity index (χ1n) is 4.21. The van der Waals surface area contributed by atoms with Crippen molar-refractivity contribution in [3.8, 4) is 5.69 Å². The van der Waals surface area contributed by atoms with Crippen molar-refractivity contribution in [2.24, 2.45) is 0 Å². The van der Waals surface area contributed by atoms with Crippen LogP contribution in [-0.2, 0) is 0 Å². The molecule has 0 aliphatic carbocycles. The molecular formula is C10H9ClN2O. The normalized spacial score (nSPS) is 10.4. The van der Waals surface area contributed by atoms with Gasteiger partial charge in [0.1, 0.15) is 0 Å². The van der Waals surface area contributed by atoms with Gasteiger partial charge in [0.15, 0.2) is 0 Å². The van der Waals surface area contributed by atoms with Gasteiger partial charge in [0, 0.05) is 17.4 Å². The summed E-state index contributed by atoms with van der Waals surface area (Å²) >= 11 is 5.96. The Labute approximate surface area is 86.0 Å². The lowest BCUT2D eigenvalue weighted by molar-refractivity contribution is 0.986. The lowest BCUT2D eigenvalue weighted by Crippen LogP contribution is -2.13. The molecule has 0 radical (unpaired) electrons. The fourth-order valence-electron chi connectivity index (χ4n) is 1.26. The molecule has 72 valence electrons. The first kappa shape index (κ1) is 9.09. The monoisotopic (exact) mass is 208 g/mol. The maximum absolute atomic E-state index is 11.3. The average molecular weight is 209 g/mol. The van der Waals surface area contributed by atoms with Gasteiger partial charge in [-0.3, -0.25) is 4.57 Å². The maximum atomic E-state index is 11.3. The molecule has 0 fully saturated rings. The van der Waals surface area contributed by atoms with Crippen LogP contribution in [0.4, 0.5) is 0 Å². The molecule has 3 nitrogen and oxygen atoms in total. The van der Waals surface area contributed by atoms with Crippen molar-refractivity contribution < 1.29 is 0 Å². The smallest absolute Gasteiger partial charge is 0.312 e. The van der Waals surface area contributed by atoms with E-state index in [0.717, 1.165) is 11.3 Å². The van der Waals surface area contributed by atoms with Crippen LogP contribution in [0.25, 0.3) is 5.69 Å². The van der Waals surface area contributed by atoms with Gasteiger partial charge in [-0.15, -0.1) is 0 Å². The first-order valence-corrected chi connectivity index (χ1v) is 4.59. The summed E-state index contributed by atoms with van der Waals surface area (Å²) in [5, 5.41) is 0.663. The highest BCUT2D eigenvalue weighted by Crippen LogP contribution is 2.18. The van der Waals surface area contributed by atoms with Crippen LogP contribution in [0.2, 0.25) is 5.02 Å². The Kier molecular flexibility index (Phi) is 2.17. The van der Waals surface area contributed by atoms with E-state index >= 15 is 0 Å². The van der Waals surface area contributed by atoms with Crippen molar-refractivity contribution >= 4 is 11.6 Å². The number of hydrogen-bond acceptors (Lipinski definition) is 1. The third-order valence-corrected chi connectivity index (χ3v) is 2.49. The predicted molar refractivity (Wildman–Crippen MR) is 56.1 cm³/mol. The highest BCUT2D eigenvalue weighted by molar-refractivity contribution is 6.31. The molecular weight excluding hydrogens is 200 g/mol. The Balaban J connectivity index is 2.59. The summed E-state index contributed by atoms with van der Waals surface area (Å²) in [7, 11) is 0. The molecule has 4 heteroatoms. The van der Waals surface area contributed by atoms with E-state index in [-0.39, 0.29) is 5.69 Å². The van der Waals surface area contributed by atoms with Gasteiger partial charge in [0.25, 0.3) is 0 Å². The molecule has 0 saturated heterocycles. The second-order valence-electron chi connectivity index (χ2n) is 3.07. The van der Waals surface area contributed by atoms with E-state index in [4.69, 9.17) is 11.6 Å². The van der Waals surface area contributed by atoms with Crippen LogP contribution in [0.1, 0.15) is 5.56 Å². The number of aromatic amines is 1. The number of H-pyrrole nitrogens is 1. The molecule has 0 spiro atoms. The lowest BCUT2D eigenvalue weighted by Gasteiger charge is -2.03. The summed E-state index contributed by atoms with van der Waals surface area (Å²) in [6, 6.07) is 5.51. The van der Waals surface area contributed by atoms with Gasteiger partial charge < -0.3 is 4.98 Å². The lowest BCUT2D eigenvalue weighted by atomic mass is 10.2. The highest BCUT2D eigenvalue weighted by atomic mass is 35.5. The van der Waals surface area contributed by atoms with E-state index in [1.165, 1.54) is 4.57 Å². The number of nitrogens with one attached hydrogen (secondary N) is 1. The second kappa shape index (κ2) is 3.35. The van der Waals surface area contributed by atoms with E-state index in [1.807, 2.05) is 19.1 Å². The summed E-state index contributed by atoms with van der Waals surface area (Å²) in [6.45, 7) is 1.92. The van der Waals surface area contributed by atoms with E-state index in [0.29, 0.717) is 5.02 Å². The van der Waals surface area contributed by atoms with Crippen LogP contribution >= 0.6 is 11.6 Å². The van der Waals surface area contributed by atoms with Crippen LogP contribution < -0.4 is 5.69 Å². The van der Waals surface area contributed by atoms with Crippen molar-refractivity contribution in [1.82, 2.24) is 9.55 Å². The molecule has 2 aromatic rings. The highest BCUT2D eigenvalue weighted by Gasteiger charge is 2.01. The van der Waals surface area contributed by atoms with Gasteiger partial charge >= 0.3 is 5.69 Å². The second-order valence-corrected chi connectivity index (χ2v) is 3.48. The molecule has 0 amide bonds. The minimum atomic E-state index is -0.162. The number of aromatic nitrogens is 2. The number of imidazole rings is 1. The third-order valence-electron chi connectivity index (χ3n) is 2.08. The largest absolute Gasteiger partial charge is 0.330 e. The number of hydrogen-bond donors (Lipinski definition) is 1. The summed E-state index contributed by atoms with van der Waals surface area (Å²) in [5.41, 5.74) is 1.61. The number of benzene rings is 1. The zero-order chi connectivity index (χ0) is 10.1. The van der Waals surface area contributed by atoms with Gasteiger partial charge in [0.05, 0.1) is 5.69 Å². The van der Waals surface area contributed by atoms with Crippen LogP contribution in [0.5, 0.6) is 0 Å². The molecule has 1 aromatic carbocycles. The van der Waals surface area contributed by atoms with Crippen molar-refractivity contribution in [3.05, 3.63) is 51.7 Å². The fourth-order valence-corrected chi connectivity index (χ4v) is 1.43. The Morgan fingerprint density at radius 2 is 2.21 bits per heavy atom. The van der Waals surface area contributed by atoms with Crippen molar-refractivity contribution in [3.63, 3.8) is 0 Å². The minimum Gasteiger partial charge on any atom is -0.312 e. The zero-order valence-corrected chi connectivity index (χ0v) is 8.38. The Morgan fingerprint density at radius 1 is 1.43 bits per heavy atom. The zero-order valence-electron chi connectivity index (χ0n) is 7.62. The molecule has 0 aliphatic rings. The molecule has 1 heterocycles. The van der Waals surface area contributed by atoms with Crippen LogP contribution in [0, 0.1) is 6.92 Å². The number of halogens is 1. The quantitative estimate of drug-likeness (QED) is 0.766. The van der Waals surface area contributed by atoms with Gasteiger partial charge in [0.2, 0.25) is 0 Å². The standard InChI is InChI=1S/C10H9ClN2O/c1-7-2-3-8(6-9(7)11)13-5-4-12-10(13)14/h2-6H,1H3,(H,12,14). The van der Waals surface area contributed by atoms with Crippen molar-refractivity contribution in [2.45, 2.75) is 6.92 Å². The summed E-state index contributed by atoms with van der Waals surface area (Å²) < 4.78 is 1.51. The Bertz CT molecular complexity index is 513. The van der Waals surface area contributed by atoms with Crippen LogP contribution in [0.3, 0.4) is 0 Å². The number of nitrogens with zero attached hydrogens (tertiary/aromatic N) is 1. The Morgan fingerprint density at radius 3 is 2.79 bits per heavy atom. The topological polar surface area (TPSA) is 37.8 Å². The molecule has 0 aliphatic heterocycles. The van der Waals surface area contributed by atoms with E-state index in [1.54, 1.807) is 18.5 Å². The molecule has 0 atom stereocenters. The molecule has 2 rings (SSSR count). The molecule has 14 heavy (non-hydrogen) atoms. The van der Waals surface area contributed by atoms with E-state index < -0.39 is 0 Å². The molecule has 1 N–H and O–H groups in total. The molecule has 0 saturated carbocycles. The summed E-state index contributed by atoms with van der Waals surface area (Å²) in [6.07, 6.45) is 3.26.